The van der Waals surface area contributed by atoms with Gasteiger partial charge in [-0.15, -0.1) is 0 Å². The predicted molar refractivity (Wildman–Crippen MR) is 58.2 cm³/mol. The summed E-state index contributed by atoms with van der Waals surface area (Å²) in [5.74, 6) is 0. The Bertz CT molecular complexity index is 172. The standard InChI is InChI=1S/C10H22O2Si/c1-9(2,3)13(7,12-8-11)10(4,5)6/h8H,1-7H3. The Balaban J connectivity index is 5.07. The topological polar surface area (TPSA) is 26.3 Å². The summed E-state index contributed by atoms with van der Waals surface area (Å²) in [5.41, 5.74) is 0. The van der Waals surface area contributed by atoms with Crippen LogP contribution in [0.3, 0.4) is 0 Å². The first-order valence-corrected chi connectivity index (χ1v) is 7.08. The lowest BCUT2D eigenvalue weighted by Crippen LogP contribution is -2.51. The highest BCUT2D eigenvalue weighted by molar-refractivity contribution is 6.79. The molecule has 0 aliphatic heterocycles. The third-order valence-corrected chi connectivity index (χ3v) is 9.44. The largest absolute Gasteiger partial charge is 0.520 e. The van der Waals surface area contributed by atoms with Crippen LogP contribution in [-0.4, -0.2) is 14.8 Å². The van der Waals surface area contributed by atoms with Gasteiger partial charge in [-0.1, -0.05) is 41.5 Å². The highest BCUT2D eigenvalue weighted by atomic mass is 28.4. The number of carbonyl (C=O) groups is 1. The Morgan fingerprint density at radius 2 is 1.31 bits per heavy atom. The average molecular weight is 202 g/mol. The summed E-state index contributed by atoms with van der Waals surface area (Å²) in [7, 11) is -2.02. The van der Waals surface area contributed by atoms with Crippen LogP contribution in [-0.2, 0) is 9.22 Å². The van der Waals surface area contributed by atoms with Crippen molar-refractivity contribution < 1.29 is 9.22 Å². The van der Waals surface area contributed by atoms with E-state index in [0.29, 0.717) is 6.47 Å². The van der Waals surface area contributed by atoms with E-state index in [4.69, 9.17) is 4.43 Å². The number of carbonyl (C=O) groups excluding carboxylic acids is 1. The summed E-state index contributed by atoms with van der Waals surface area (Å²) < 4.78 is 5.42. The summed E-state index contributed by atoms with van der Waals surface area (Å²) in [6, 6.07) is 0. The van der Waals surface area contributed by atoms with Crippen LogP contribution in [0.1, 0.15) is 41.5 Å². The molecule has 0 aliphatic rings. The Morgan fingerprint density at radius 3 is 1.38 bits per heavy atom. The van der Waals surface area contributed by atoms with E-state index in [9.17, 15) is 4.79 Å². The fourth-order valence-electron chi connectivity index (χ4n) is 1.57. The fourth-order valence-corrected chi connectivity index (χ4v) is 4.72. The predicted octanol–water partition coefficient (Wildman–Crippen LogP) is 3.33. The van der Waals surface area contributed by atoms with Crippen LogP contribution in [0.25, 0.3) is 0 Å². The van der Waals surface area contributed by atoms with E-state index in [1.165, 1.54) is 0 Å². The maximum absolute atomic E-state index is 10.5. The van der Waals surface area contributed by atoms with Gasteiger partial charge in [-0.25, -0.2) is 0 Å². The van der Waals surface area contributed by atoms with Crippen molar-refractivity contribution in [1.29, 1.82) is 0 Å². The average Bonchev–Trinajstić information content (AvgIpc) is 1.82. The molecule has 0 aromatic carbocycles. The monoisotopic (exact) mass is 202 g/mol. The van der Waals surface area contributed by atoms with Crippen LogP contribution in [0.15, 0.2) is 0 Å². The van der Waals surface area contributed by atoms with Gasteiger partial charge in [-0.3, -0.25) is 4.79 Å². The lowest BCUT2D eigenvalue weighted by Gasteiger charge is -2.46. The first kappa shape index (κ1) is 12.7. The molecule has 0 spiro atoms. The summed E-state index contributed by atoms with van der Waals surface area (Å²) >= 11 is 0. The molecule has 0 bridgehead atoms. The van der Waals surface area contributed by atoms with Crippen molar-refractivity contribution in [2.75, 3.05) is 0 Å². The second kappa shape index (κ2) is 3.44. The van der Waals surface area contributed by atoms with Crippen LogP contribution in [0.4, 0.5) is 0 Å². The zero-order chi connectivity index (χ0) is 10.9. The van der Waals surface area contributed by atoms with Crippen molar-refractivity contribution in [1.82, 2.24) is 0 Å². The Morgan fingerprint density at radius 1 is 1.00 bits per heavy atom. The van der Waals surface area contributed by atoms with E-state index >= 15 is 0 Å². The molecule has 13 heavy (non-hydrogen) atoms. The molecule has 0 rings (SSSR count). The van der Waals surface area contributed by atoms with Crippen LogP contribution < -0.4 is 0 Å². The van der Waals surface area contributed by atoms with Crippen molar-refractivity contribution >= 4 is 14.8 Å². The lowest BCUT2D eigenvalue weighted by atomic mass is 10.2. The second-order valence-corrected chi connectivity index (χ2v) is 11.0. The molecule has 0 saturated heterocycles. The minimum Gasteiger partial charge on any atom is -0.520 e. The maximum Gasteiger partial charge on any atom is 0.279 e. The summed E-state index contributed by atoms with van der Waals surface area (Å²) in [4.78, 5) is 10.5. The van der Waals surface area contributed by atoms with Gasteiger partial charge in [0.1, 0.15) is 0 Å². The molecule has 78 valence electrons. The molecule has 2 nitrogen and oxygen atoms in total. The van der Waals surface area contributed by atoms with E-state index < -0.39 is 8.32 Å². The van der Waals surface area contributed by atoms with E-state index in [1.807, 2.05) is 0 Å². The number of hydrogen-bond acceptors (Lipinski definition) is 2. The normalized spacial score (nSPS) is 14.1. The highest BCUT2D eigenvalue weighted by Crippen LogP contribution is 2.50. The maximum atomic E-state index is 10.5. The van der Waals surface area contributed by atoms with Gasteiger partial charge in [-0.2, -0.15) is 0 Å². The van der Waals surface area contributed by atoms with Gasteiger partial charge in [0, 0.05) is 0 Å². The molecule has 0 atom stereocenters. The lowest BCUT2D eigenvalue weighted by molar-refractivity contribution is -0.122. The van der Waals surface area contributed by atoms with E-state index in [0.717, 1.165) is 0 Å². The minimum absolute atomic E-state index is 0.0756. The fraction of sp³-hybridized carbons (Fsp3) is 0.900. The Kier molecular flexibility index (Phi) is 3.36. The third-order valence-electron chi connectivity index (χ3n) is 3.15. The molecule has 3 heteroatoms. The van der Waals surface area contributed by atoms with Crippen molar-refractivity contribution in [2.24, 2.45) is 0 Å². The van der Waals surface area contributed by atoms with Gasteiger partial charge in [-0.05, 0) is 16.6 Å². The van der Waals surface area contributed by atoms with Crippen molar-refractivity contribution in [3.63, 3.8) is 0 Å². The summed E-state index contributed by atoms with van der Waals surface area (Å²) in [6.07, 6.45) is 0. The van der Waals surface area contributed by atoms with Crippen molar-refractivity contribution in [3.8, 4) is 0 Å². The first-order valence-electron chi connectivity index (χ1n) is 4.68. The molecule has 0 aromatic heterocycles. The minimum atomic E-state index is -2.02. The van der Waals surface area contributed by atoms with Crippen LogP contribution in [0, 0.1) is 0 Å². The second-order valence-electron chi connectivity index (χ2n) is 5.75. The number of rotatable bonds is 2. The van der Waals surface area contributed by atoms with Gasteiger partial charge in [0.25, 0.3) is 14.8 Å². The smallest absolute Gasteiger partial charge is 0.279 e. The van der Waals surface area contributed by atoms with Crippen LogP contribution >= 0.6 is 0 Å². The van der Waals surface area contributed by atoms with Gasteiger partial charge < -0.3 is 4.43 Å². The first-order chi connectivity index (χ1) is 5.56. The van der Waals surface area contributed by atoms with Gasteiger partial charge >= 0.3 is 0 Å². The molecule has 0 amide bonds. The van der Waals surface area contributed by atoms with Crippen LogP contribution in [0.5, 0.6) is 0 Å². The molecule has 0 unspecified atom stereocenters. The molecule has 0 saturated carbocycles. The molecular weight excluding hydrogens is 180 g/mol. The van der Waals surface area contributed by atoms with Gasteiger partial charge in [0.15, 0.2) is 0 Å². The zero-order valence-corrected chi connectivity index (χ0v) is 10.9. The third kappa shape index (κ3) is 2.33. The summed E-state index contributed by atoms with van der Waals surface area (Å²) in [5, 5.41) is 0.151. The summed E-state index contributed by atoms with van der Waals surface area (Å²) in [6.45, 7) is 15.6. The molecule has 0 fully saturated rings. The molecule has 0 aromatic rings. The quantitative estimate of drug-likeness (QED) is 0.507. The van der Waals surface area contributed by atoms with E-state index in [2.05, 4.69) is 48.1 Å². The van der Waals surface area contributed by atoms with Crippen molar-refractivity contribution in [2.45, 2.75) is 58.2 Å². The highest BCUT2D eigenvalue weighted by Gasteiger charge is 2.52. The molecule has 0 heterocycles. The zero-order valence-electron chi connectivity index (χ0n) is 9.89. The molecule has 0 N–H and O–H groups in total. The molecular formula is C10H22O2Si. The Labute approximate surface area is 82.8 Å². The van der Waals surface area contributed by atoms with Gasteiger partial charge in [0.2, 0.25) is 0 Å². The van der Waals surface area contributed by atoms with Crippen LogP contribution in [0.2, 0.25) is 16.6 Å². The Hall–Kier alpha value is -0.313. The van der Waals surface area contributed by atoms with E-state index in [1.54, 1.807) is 0 Å². The van der Waals surface area contributed by atoms with Crippen molar-refractivity contribution in [3.05, 3.63) is 0 Å². The molecule has 0 radical (unpaired) electrons. The number of hydrogen-bond donors (Lipinski definition) is 0. The molecule has 0 aliphatic carbocycles. The van der Waals surface area contributed by atoms with Gasteiger partial charge in [0.05, 0.1) is 0 Å². The van der Waals surface area contributed by atoms with E-state index in [-0.39, 0.29) is 10.1 Å². The SMILES string of the molecule is CC(C)(C)[Si](C)(OC=O)C(C)(C)C.